The van der Waals surface area contributed by atoms with Crippen LogP contribution in [0.5, 0.6) is 11.5 Å². The maximum absolute atomic E-state index is 13.5. The molecule has 2 N–H and O–H groups in total. The van der Waals surface area contributed by atoms with Crippen LogP contribution in [0.2, 0.25) is 0 Å². The van der Waals surface area contributed by atoms with Gasteiger partial charge in [0.05, 0.1) is 16.3 Å². The Kier molecular flexibility index (Phi) is 9.38. The Hall–Kier alpha value is -2.88. The number of nitrogens with zero attached hydrogens (tertiary/aromatic N) is 1. The molecule has 36 heavy (non-hydrogen) atoms. The first-order chi connectivity index (χ1) is 17.5. The molecule has 0 bridgehead atoms. The summed E-state index contributed by atoms with van der Waals surface area (Å²) in [7, 11) is -3.72. The van der Waals surface area contributed by atoms with E-state index in [1.165, 1.54) is 4.31 Å². The molecule has 0 atom stereocenters. The lowest BCUT2D eigenvalue weighted by molar-refractivity contribution is 0.238. The topological polar surface area (TPSA) is 79.9 Å². The van der Waals surface area contributed by atoms with E-state index in [-0.39, 0.29) is 31.2 Å². The van der Waals surface area contributed by atoms with Crippen LogP contribution in [-0.4, -0.2) is 63.6 Å². The number of fused-ring (bicyclic) bond motifs is 2. The molecule has 0 saturated heterocycles. The van der Waals surface area contributed by atoms with Crippen LogP contribution >= 0.6 is 11.8 Å². The van der Waals surface area contributed by atoms with Gasteiger partial charge in [-0.25, -0.2) is 8.42 Å². The van der Waals surface area contributed by atoms with Crippen LogP contribution in [0.3, 0.4) is 0 Å². The number of para-hydroxylation sites is 4. The lowest BCUT2D eigenvalue weighted by Crippen LogP contribution is -2.37. The van der Waals surface area contributed by atoms with Gasteiger partial charge in [0.25, 0.3) is 0 Å². The summed E-state index contributed by atoms with van der Waals surface area (Å²) in [5.74, 6) is 3.33. The fourth-order valence-electron chi connectivity index (χ4n) is 3.82. The number of anilines is 2. The lowest BCUT2D eigenvalue weighted by Gasteiger charge is -2.23. The fraction of sp³-hybridized carbons (Fsp3) is 0.333. The number of thioether (sulfide) groups is 1. The van der Waals surface area contributed by atoms with Crippen molar-refractivity contribution < 1.29 is 17.9 Å². The van der Waals surface area contributed by atoms with Crippen molar-refractivity contribution in [1.82, 2.24) is 4.31 Å². The molecule has 7 nitrogen and oxygen atoms in total. The van der Waals surface area contributed by atoms with Crippen molar-refractivity contribution in [3.05, 3.63) is 78.4 Å². The van der Waals surface area contributed by atoms with Gasteiger partial charge in [-0.2, -0.15) is 16.1 Å². The largest absolute Gasteiger partial charge is 0.490 e. The molecular weight excluding hydrogens is 494 g/mol. The van der Waals surface area contributed by atoms with Crippen LogP contribution < -0.4 is 20.1 Å². The smallest absolute Gasteiger partial charge is 0.243 e. The minimum atomic E-state index is -3.72. The quantitative estimate of drug-likeness (QED) is 0.499. The number of rotatable bonds is 2. The molecule has 0 aliphatic carbocycles. The zero-order valence-electron chi connectivity index (χ0n) is 20.5. The molecule has 0 aromatic heterocycles. The average molecular weight is 528 g/mol. The second-order valence-corrected chi connectivity index (χ2v) is 11.5. The van der Waals surface area contributed by atoms with Crippen molar-refractivity contribution in [2.75, 3.05) is 61.5 Å². The Morgan fingerprint density at radius 2 is 1.25 bits per heavy atom. The second kappa shape index (κ2) is 12.9. The molecule has 0 spiro atoms. The van der Waals surface area contributed by atoms with E-state index in [2.05, 4.69) is 10.6 Å². The summed E-state index contributed by atoms with van der Waals surface area (Å²) in [6, 6.07) is 22.4. The molecule has 3 aromatic rings. The van der Waals surface area contributed by atoms with E-state index in [0.717, 1.165) is 41.5 Å². The summed E-state index contributed by atoms with van der Waals surface area (Å²) in [5, 5.41) is 6.88. The molecule has 0 radical (unpaired) electrons. The lowest BCUT2D eigenvalue weighted by atomic mass is 10.2. The first kappa shape index (κ1) is 26.2. The Morgan fingerprint density at radius 3 is 1.78 bits per heavy atom. The number of nitrogens with one attached hydrogen (secondary N) is 2. The molecule has 0 fully saturated rings. The molecule has 0 amide bonds. The Bertz CT molecular complexity index is 1160. The van der Waals surface area contributed by atoms with Gasteiger partial charge in [0.2, 0.25) is 10.0 Å². The second-order valence-electron chi connectivity index (χ2n) is 8.37. The first-order valence-corrected chi connectivity index (χ1v) is 14.7. The minimum absolute atomic E-state index is 0.198. The van der Waals surface area contributed by atoms with Gasteiger partial charge in [0, 0.05) is 37.7 Å². The van der Waals surface area contributed by atoms with Crippen LogP contribution in [0.15, 0.2) is 77.7 Å². The third-order valence-corrected chi connectivity index (χ3v) is 8.65. The maximum atomic E-state index is 13.5. The maximum Gasteiger partial charge on any atom is 0.243 e. The summed E-state index contributed by atoms with van der Waals surface area (Å²) in [5.41, 5.74) is 2.82. The molecule has 1 aliphatic rings. The summed E-state index contributed by atoms with van der Waals surface area (Å²) in [6.07, 6.45) is 0. The summed E-state index contributed by atoms with van der Waals surface area (Å²) in [4.78, 5) is 0.261. The molecule has 3 aromatic carbocycles. The van der Waals surface area contributed by atoms with Crippen LogP contribution in [0.4, 0.5) is 11.4 Å². The van der Waals surface area contributed by atoms with Gasteiger partial charge in [0.1, 0.15) is 24.7 Å². The number of sulfonamides is 1. The molecule has 4 rings (SSSR count). The zero-order valence-corrected chi connectivity index (χ0v) is 22.1. The molecule has 192 valence electrons. The van der Waals surface area contributed by atoms with E-state index in [1.807, 2.05) is 79.3 Å². The van der Waals surface area contributed by atoms with Gasteiger partial charge < -0.3 is 20.1 Å². The highest BCUT2D eigenvalue weighted by Crippen LogP contribution is 2.26. The third kappa shape index (κ3) is 7.09. The van der Waals surface area contributed by atoms with Crippen LogP contribution in [0.25, 0.3) is 0 Å². The van der Waals surface area contributed by atoms with Crippen LogP contribution in [-0.2, 0) is 10.0 Å². The monoisotopic (exact) mass is 527 g/mol. The normalized spacial score (nSPS) is 16.5. The number of aryl methyl sites for hydroxylation is 1. The van der Waals surface area contributed by atoms with Crippen molar-refractivity contribution in [1.29, 1.82) is 0 Å². The van der Waals surface area contributed by atoms with Crippen LogP contribution in [0.1, 0.15) is 5.56 Å². The van der Waals surface area contributed by atoms with E-state index in [0.29, 0.717) is 11.5 Å². The van der Waals surface area contributed by atoms with E-state index < -0.39 is 10.0 Å². The molecule has 1 aliphatic heterocycles. The highest BCUT2D eigenvalue weighted by atomic mass is 32.2. The number of hydrogen-bond acceptors (Lipinski definition) is 7. The average Bonchev–Trinajstić information content (AvgIpc) is 2.88. The van der Waals surface area contributed by atoms with E-state index >= 15 is 0 Å². The summed E-state index contributed by atoms with van der Waals surface area (Å²) >= 11 is 1.87. The summed E-state index contributed by atoms with van der Waals surface area (Å²) < 4.78 is 40.5. The molecule has 0 unspecified atom stereocenters. The molecule has 9 heteroatoms. The van der Waals surface area contributed by atoms with Gasteiger partial charge >= 0.3 is 0 Å². The van der Waals surface area contributed by atoms with Crippen molar-refractivity contribution >= 4 is 33.2 Å². The number of hydrogen-bond donors (Lipinski definition) is 2. The van der Waals surface area contributed by atoms with E-state index in [1.54, 1.807) is 12.1 Å². The first-order valence-electron chi connectivity index (χ1n) is 12.1. The SMILES string of the molecule is Cc1ccc(S(=O)(=O)N2CCOc3ccccc3NCCSCCNc3ccccc3OCC2)cc1. The van der Waals surface area contributed by atoms with Crippen molar-refractivity contribution in [2.24, 2.45) is 0 Å². The predicted molar refractivity (Wildman–Crippen MR) is 148 cm³/mol. The molecular formula is C27H33N3O4S2. The summed E-state index contributed by atoms with van der Waals surface area (Å²) in [6.45, 7) is 4.38. The van der Waals surface area contributed by atoms with Gasteiger partial charge in [-0.1, -0.05) is 42.0 Å². The highest BCUT2D eigenvalue weighted by Gasteiger charge is 2.24. The van der Waals surface area contributed by atoms with E-state index in [4.69, 9.17) is 9.47 Å². The highest BCUT2D eigenvalue weighted by molar-refractivity contribution is 7.99. The van der Waals surface area contributed by atoms with Crippen LogP contribution in [0, 0.1) is 6.92 Å². The minimum Gasteiger partial charge on any atom is -0.490 e. The van der Waals surface area contributed by atoms with Gasteiger partial charge in [-0.05, 0) is 43.3 Å². The fourth-order valence-corrected chi connectivity index (χ4v) is 5.93. The molecule has 0 saturated carbocycles. The number of benzene rings is 3. The third-order valence-electron chi connectivity index (χ3n) is 5.75. The Morgan fingerprint density at radius 1 is 0.750 bits per heavy atom. The van der Waals surface area contributed by atoms with E-state index in [9.17, 15) is 8.42 Å². The van der Waals surface area contributed by atoms with Crippen molar-refractivity contribution in [2.45, 2.75) is 11.8 Å². The standard InChI is InChI=1S/C27H33N3O4S2/c1-22-10-12-23(13-11-22)36(31,32)30-16-18-33-26-8-4-2-6-24(26)28-14-20-35-21-15-29-25-7-3-5-9-27(25)34-19-17-30/h2-13,28-29H,14-21H2,1H3. The van der Waals surface area contributed by atoms with Gasteiger partial charge in [-0.3, -0.25) is 0 Å². The van der Waals surface area contributed by atoms with Gasteiger partial charge in [0.15, 0.2) is 0 Å². The Balaban J connectivity index is 1.55. The molecule has 1 heterocycles. The predicted octanol–water partition coefficient (Wildman–Crippen LogP) is 4.71. The van der Waals surface area contributed by atoms with Gasteiger partial charge in [-0.15, -0.1) is 0 Å². The zero-order chi connectivity index (χ0) is 25.2. The van der Waals surface area contributed by atoms with Crippen molar-refractivity contribution in [3.8, 4) is 11.5 Å². The number of ether oxygens (including phenoxy) is 2. The Labute approximate surface area is 218 Å². The van der Waals surface area contributed by atoms with Crippen molar-refractivity contribution in [3.63, 3.8) is 0 Å².